The largest absolute Gasteiger partial charge is 0.377 e. The number of nitrogens with one attached hydrogen (secondary N) is 1. The summed E-state index contributed by atoms with van der Waals surface area (Å²) in [6, 6.07) is 12.2. The Morgan fingerprint density at radius 2 is 1.94 bits per heavy atom. The molecule has 18 heavy (non-hydrogen) atoms. The number of hydrogen-bond donors (Lipinski definition) is 1. The first-order chi connectivity index (χ1) is 8.72. The summed E-state index contributed by atoms with van der Waals surface area (Å²) in [5, 5.41) is 12.6. The average Bonchev–Trinajstić information content (AvgIpc) is 2.40. The van der Waals surface area contributed by atoms with E-state index in [1.807, 2.05) is 37.3 Å². The van der Waals surface area contributed by atoms with E-state index in [4.69, 9.17) is 0 Å². The Kier molecular flexibility index (Phi) is 3.59. The van der Waals surface area contributed by atoms with Gasteiger partial charge in [-0.1, -0.05) is 12.1 Å². The highest BCUT2D eigenvalue weighted by Crippen LogP contribution is 2.23. The van der Waals surface area contributed by atoms with E-state index in [1.165, 1.54) is 0 Å². The molecule has 0 aliphatic rings. The molecule has 0 radical (unpaired) electrons. The Labute approximate surface area is 107 Å². The van der Waals surface area contributed by atoms with Gasteiger partial charge >= 0.3 is 0 Å². The Morgan fingerprint density at radius 3 is 2.61 bits per heavy atom. The molecule has 1 atom stereocenters. The van der Waals surface area contributed by atoms with Crippen LogP contribution in [-0.2, 0) is 0 Å². The van der Waals surface area contributed by atoms with Crippen LogP contribution in [0.1, 0.15) is 29.7 Å². The lowest BCUT2D eigenvalue weighted by Gasteiger charge is -2.17. The lowest BCUT2D eigenvalue weighted by atomic mass is 10.1. The van der Waals surface area contributed by atoms with Gasteiger partial charge in [0.2, 0.25) is 0 Å². The molecule has 0 aliphatic heterocycles. The molecule has 0 saturated heterocycles. The Hall–Kier alpha value is -2.34. The van der Waals surface area contributed by atoms with Crippen molar-refractivity contribution in [1.82, 2.24) is 4.98 Å². The molecule has 1 aromatic heterocycles. The maximum atomic E-state index is 9.18. The second kappa shape index (κ2) is 5.33. The SMILES string of the molecule is Cc1cccc(NC(C)c2ccncc2)c1C#N. The summed E-state index contributed by atoms with van der Waals surface area (Å²) in [4.78, 5) is 4.00. The normalized spacial score (nSPS) is 11.6. The van der Waals surface area contributed by atoms with Gasteiger partial charge in [0.05, 0.1) is 11.3 Å². The molecular weight excluding hydrogens is 222 g/mol. The standard InChI is InChI=1S/C15H15N3/c1-11-4-3-5-15(14(11)10-16)18-12(2)13-6-8-17-9-7-13/h3-9,12,18H,1-2H3. The number of rotatable bonds is 3. The van der Waals surface area contributed by atoms with Crippen LogP contribution in [0.25, 0.3) is 0 Å². The van der Waals surface area contributed by atoms with Gasteiger partial charge in [0.15, 0.2) is 0 Å². The van der Waals surface area contributed by atoms with Crippen molar-refractivity contribution >= 4 is 5.69 Å². The molecule has 0 aliphatic carbocycles. The van der Waals surface area contributed by atoms with Crippen molar-refractivity contribution in [2.45, 2.75) is 19.9 Å². The first kappa shape index (κ1) is 12.1. The predicted molar refractivity (Wildman–Crippen MR) is 72.2 cm³/mol. The fraction of sp³-hybridized carbons (Fsp3) is 0.200. The van der Waals surface area contributed by atoms with E-state index in [2.05, 4.69) is 23.3 Å². The van der Waals surface area contributed by atoms with Gasteiger partial charge in [-0.2, -0.15) is 5.26 Å². The second-order valence-electron chi connectivity index (χ2n) is 4.26. The fourth-order valence-corrected chi connectivity index (χ4v) is 1.91. The topological polar surface area (TPSA) is 48.7 Å². The highest BCUT2D eigenvalue weighted by atomic mass is 14.9. The summed E-state index contributed by atoms with van der Waals surface area (Å²) in [5.74, 6) is 0. The summed E-state index contributed by atoms with van der Waals surface area (Å²) in [5.41, 5.74) is 3.72. The summed E-state index contributed by atoms with van der Waals surface area (Å²) in [6.45, 7) is 4.01. The lowest BCUT2D eigenvalue weighted by molar-refractivity contribution is 0.879. The van der Waals surface area contributed by atoms with E-state index in [0.717, 1.165) is 16.8 Å². The van der Waals surface area contributed by atoms with Crippen LogP contribution in [0, 0.1) is 18.3 Å². The van der Waals surface area contributed by atoms with E-state index in [0.29, 0.717) is 5.56 Å². The second-order valence-corrected chi connectivity index (χ2v) is 4.26. The van der Waals surface area contributed by atoms with Crippen LogP contribution in [0.5, 0.6) is 0 Å². The maximum Gasteiger partial charge on any atom is 0.102 e. The highest BCUT2D eigenvalue weighted by Gasteiger charge is 2.09. The van der Waals surface area contributed by atoms with Crippen LogP contribution in [0.15, 0.2) is 42.7 Å². The number of aryl methyl sites for hydroxylation is 1. The molecule has 3 nitrogen and oxygen atoms in total. The van der Waals surface area contributed by atoms with Crippen molar-refractivity contribution in [2.75, 3.05) is 5.32 Å². The van der Waals surface area contributed by atoms with Gasteiger partial charge < -0.3 is 5.32 Å². The Morgan fingerprint density at radius 1 is 1.22 bits per heavy atom. The minimum absolute atomic E-state index is 0.141. The van der Waals surface area contributed by atoms with Crippen molar-refractivity contribution < 1.29 is 0 Å². The monoisotopic (exact) mass is 237 g/mol. The van der Waals surface area contributed by atoms with Crippen LogP contribution < -0.4 is 5.32 Å². The van der Waals surface area contributed by atoms with E-state index in [9.17, 15) is 5.26 Å². The predicted octanol–water partition coefficient (Wildman–Crippen LogP) is 3.43. The van der Waals surface area contributed by atoms with Gasteiger partial charge in [0.25, 0.3) is 0 Å². The third-order valence-electron chi connectivity index (χ3n) is 2.96. The van der Waals surface area contributed by atoms with E-state index >= 15 is 0 Å². The van der Waals surface area contributed by atoms with Crippen molar-refractivity contribution in [1.29, 1.82) is 5.26 Å². The summed E-state index contributed by atoms with van der Waals surface area (Å²) >= 11 is 0. The smallest absolute Gasteiger partial charge is 0.102 e. The zero-order valence-corrected chi connectivity index (χ0v) is 10.5. The Balaban J connectivity index is 2.25. The summed E-state index contributed by atoms with van der Waals surface area (Å²) in [6.07, 6.45) is 3.55. The van der Waals surface area contributed by atoms with E-state index in [-0.39, 0.29) is 6.04 Å². The summed E-state index contributed by atoms with van der Waals surface area (Å²) < 4.78 is 0. The Bertz CT molecular complexity index is 570. The van der Waals surface area contributed by atoms with Crippen LogP contribution in [-0.4, -0.2) is 4.98 Å². The number of anilines is 1. The van der Waals surface area contributed by atoms with Crippen LogP contribution in [0.4, 0.5) is 5.69 Å². The molecule has 0 saturated carbocycles. The number of pyridine rings is 1. The molecule has 2 aromatic rings. The minimum atomic E-state index is 0.141. The van der Waals surface area contributed by atoms with Crippen molar-refractivity contribution in [3.05, 3.63) is 59.4 Å². The van der Waals surface area contributed by atoms with Crippen molar-refractivity contribution in [2.24, 2.45) is 0 Å². The molecule has 2 rings (SSSR count). The van der Waals surface area contributed by atoms with Crippen LogP contribution in [0.3, 0.4) is 0 Å². The number of aromatic nitrogens is 1. The number of nitrogens with zero attached hydrogens (tertiary/aromatic N) is 2. The van der Waals surface area contributed by atoms with E-state index < -0.39 is 0 Å². The van der Waals surface area contributed by atoms with Crippen LogP contribution >= 0.6 is 0 Å². The first-order valence-electron chi connectivity index (χ1n) is 5.88. The molecule has 1 heterocycles. The third-order valence-corrected chi connectivity index (χ3v) is 2.96. The molecule has 0 amide bonds. The van der Waals surface area contributed by atoms with Gasteiger partial charge in [0.1, 0.15) is 6.07 Å². The molecular formula is C15H15N3. The van der Waals surface area contributed by atoms with Crippen molar-refractivity contribution in [3.8, 4) is 6.07 Å². The molecule has 1 aromatic carbocycles. The quantitative estimate of drug-likeness (QED) is 0.889. The third kappa shape index (κ3) is 2.49. The fourth-order valence-electron chi connectivity index (χ4n) is 1.91. The molecule has 0 spiro atoms. The molecule has 1 N–H and O–H groups in total. The highest BCUT2D eigenvalue weighted by molar-refractivity contribution is 5.61. The lowest BCUT2D eigenvalue weighted by Crippen LogP contribution is -2.08. The first-order valence-corrected chi connectivity index (χ1v) is 5.88. The number of hydrogen-bond acceptors (Lipinski definition) is 3. The van der Waals surface area contributed by atoms with Crippen molar-refractivity contribution in [3.63, 3.8) is 0 Å². The number of nitriles is 1. The molecule has 1 unspecified atom stereocenters. The van der Waals surface area contributed by atoms with Gasteiger partial charge in [-0.25, -0.2) is 0 Å². The average molecular weight is 237 g/mol. The van der Waals surface area contributed by atoms with Gasteiger partial charge in [-0.15, -0.1) is 0 Å². The van der Waals surface area contributed by atoms with Crippen LogP contribution in [0.2, 0.25) is 0 Å². The van der Waals surface area contributed by atoms with Gasteiger partial charge in [0, 0.05) is 18.4 Å². The minimum Gasteiger partial charge on any atom is -0.377 e. The van der Waals surface area contributed by atoms with E-state index in [1.54, 1.807) is 12.4 Å². The number of benzene rings is 1. The maximum absolute atomic E-state index is 9.18. The summed E-state index contributed by atoms with van der Waals surface area (Å²) in [7, 11) is 0. The van der Waals surface area contributed by atoms with Gasteiger partial charge in [-0.3, -0.25) is 4.98 Å². The molecule has 0 bridgehead atoms. The van der Waals surface area contributed by atoms with Gasteiger partial charge in [-0.05, 0) is 43.2 Å². The molecule has 3 heteroatoms. The zero-order valence-electron chi connectivity index (χ0n) is 10.5. The molecule has 0 fully saturated rings. The zero-order chi connectivity index (χ0) is 13.0. The molecule has 90 valence electrons.